The van der Waals surface area contributed by atoms with E-state index in [0.717, 1.165) is 0 Å². The molecule has 2 amide bonds. The monoisotopic (exact) mass is 268 g/mol. The molecule has 0 aliphatic heterocycles. The summed E-state index contributed by atoms with van der Waals surface area (Å²) in [6, 6.07) is 6.89. The van der Waals surface area contributed by atoms with Crippen LogP contribution in [0.4, 0.5) is 11.4 Å². The third kappa shape index (κ3) is 4.37. The van der Waals surface area contributed by atoms with Crippen molar-refractivity contribution in [1.82, 2.24) is 0 Å². The van der Waals surface area contributed by atoms with Gasteiger partial charge in [0, 0.05) is 17.3 Å². The van der Waals surface area contributed by atoms with Gasteiger partial charge in [-0.25, -0.2) is 0 Å². The number of nitrogens with one attached hydrogen (secondary N) is 2. The Labute approximate surface area is 112 Å². The van der Waals surface area contributed by atoms with Crippen LogP contribution >= 0.6 is 11.6 Å². The van der Waals surface area contributed by atoms with Crippen LogP contribution in [0.2, 0.25) is 0 Å². The first-order valence-electron chi connectivity index (χ1n) is 5.76. The molecule has 4 nitrogen and oxygen atoms in total. The van der Waals surface area contributed by atoms with Crippen molar-refractivity contribution in [3.63, 3.8) is 0 Å². The summed E-state index contributed by atoms with van der Waals surface area (Å²) in [7, 11) is 0. The van der Waals surface area contributed by atoms with Gasteiger partial charge in [0.15, 0.2) is 0 Å². The van der Waals surface area contributed by atoms with Gasteiger partial charge < -0.3 is 10.6 Å². The minimum absolute atomic E-state index is 0.0406. The minimum atomic E-state index is -0.578. The van der Waals surface area contributed by atoms with Crippen LogP contribution in [-0.2, 0) is 9.59 Å². The molecule has 0 saturated carbocycles. The maximum absolute atomic E-state index is 11.5. The van der Waals surface area contributed by atoms with Crippen LogP contribution in [0.1, 0.15) is 20.8 Å². The molecule has 0 heterocycles. The Morgan fingerprint density at radius 2 is 1.33 bits per heavy atom. The van der Waals surface area contributed by atoms with E-state index in [1.165, 1.54) is 0 Å². The fourth-order valence-electron chi connectivity index (χ4n) is 1.17. The molecule has 18 heavy (non-hydrogen) atoms. The van der Waals surface area contributed by atoms with Gasteiger partial charge in [-0.3, -0.25) is 9.59 Å². The molecule has 0 spiro atoms. The van der Waals surface area contributed by atoms with Crippen molar-refractivity contribution < 1.29 is 9.59 Å². The third-order valence-corrected chi connectivity index (χ3v) is 2.50. The maximum Gasteiger partial charge on any atom is 0.242 e. The smallest absolute Gasteiger partial charge is 0.242 e. The summed E-state index contributed by atoms with van der Waals surface area (Å²) in [6.45, 7) is 5.26. The van der Waals surface area contributed by atoms with E-state index in [-0.39, 0.29) is 17.7 Å². The highest BCUT2D eigenvalue weighted by atomic mass is 35.5. The molecule has 1 unspecified atom stereocenters. The fraction of sp³-hybridized carbons (Fsp3) is 0.385. The number of halogens is 1. The van der Waals surface area contributed by atoms with E-state index in [1.807, 2.05) is 13.8 Å². The molecule has 2 N–H and O–H groups in total. The predicted octanol–water partition coefficient (Wildman–Crippen LogP) is 2.85. The molecule has 0 bridgehead atoms. The Bertz CT molecular complexity index is 386. The first-order valence-corrected chi connectivity index (χ1v) is 6.19. The number of carbonyl (C=O) groups excluding carboxylic acids is 2. The first kappa shape index (κ1) is 14.5. The van der Waals surface area contributed by atoms with Gasteiger partial charge in [-0.1, -0.05) is 13.8 Å². The second-order valence-corrected chi connectivity index (χ2v) is 4.98. The lowest BCUT2D eigenvalue weighted by Gasteiger charge is -2.09. The van der Waals surface area contributed by atoms with Crippen molar-refractivity contribution in [1.29, 1.82) is 0 Å². The zero-order valence-electron chi connectivity index (χ0n) is 10.7. The van der Waals surface area contributed by atoms with Gasteiger partial charge in [0.25, 0.3) is 0 Å². The van der Waals surface area contributed by atoms with Crippen molar-refractivity contribution in [2.45, 2.75) is 26.1 Å². The van der Waals surface area contributed by atoms with Crippen LogP contribution in [0.5, 0.6) is 0 Å². The molecule has 0 saturated heterocycles. The van der Waals surface area contributed by atoms with Crippen molar-refractivity contribution >= 4 is 34.8 Å². The molecule has 1 rings (SSSR count). The number of anilines is 2. The summed E-state index contributed by atoms with van der Waals surface area (Å²) in [5.74, 6) is -0.363. The van der Waals surface area contributed by atoms with E-state index < -0.39 is 5.38 Å². The second kappa shape index (κ2) is 6.40. The number of benzene rings is 1. The van der Waals surface area contributed by atoms with E-state index in [1.54, 1.807) is 31.2 Å². The Kier molecular flexibility index (Phi) is 5.16. The van der Waals surface area contributed by atoms with E-state index in [9.17, 15) is 9.59 Å². The Hall–Kier alpha value is -1.55. The molecule has 0 aliphatic rings. The lowest BCUT2D eigenvalue weighted by Crippen LogP contribution is -2.20. The summed E-state index contributed by atoms with van der Waals surface area (Å²) >= 11 is 5.64. The summed E-state index contributed by atoms with van der Waals surface area (Å²) in [4.78, 5) is 22.8. The molecular weight excluding hydrogens is 252 g/mol. The highest BCUT2D eigenvalue weighted by Gasteiger charge is 2.09. The van der Waals surface area contributed by atoms with Crippen molar-refractivity contribution in [2.75, 3.05) is 10.6 Å². The van der Waals surface area contributed by atoms with Crippen molar-refractivity contribution in [3.05, 3.63) is 24.3 Å². The third-order valence-electron chi connectivity index (χ3n) is 2.31. The molecule has 98 valence electrons. The number of alkyl halides is 1. The van der Waals surface area contributed by atoms with Gasteiger partial charge in [-0.15, -0.1) is 11.6 Å². The topological polar surface area (TPSA) is 58.2 Å². The van der Waals surface area contributed by atoms with Crippen molar-refractivity contribution in [3.8, 4) is 0 Å². The van der Waals surface area contributed by atoms with E-state index in [2.05, 4.69) is 10.6 Å². The van der Waals surface area contributed by atoms with Crippen LogP contribution in [-0.4, -0.2) is 17.2 Å². The van der Waals surface area contributed by atoms with Crippen LogP contribution in [0.15, 0.2) is 24.3 Å². The summed E-state index contributed by atoms with van der Waals surface area (Å²) < 4.78 is 0. The molecule has 5 heteroatoms. The average molecular weight is 269 g/mol. The maximum atomic E-state index is 11.5. The van der Waals surface area contributed by atoms with Gasteiger partial charge in [-0.05, 0) is 31.2 Å². The van der Waals surface area contributed by atoms with Crippen LogP contribution in [0.25, 0.3) is 0 Å². The van der Waals surface area contributed by atoms with E-state index >= 15 is 0 Å². The zero-order valence-corrected chi connectivity index (χ0v) is 11.4. The van der Waals surface area contributed by atoms with Gasteiger partial charge in [0.1, 0.15) is 5.38 Å². The molecule has 0 fully saturated rings. The normalized spacial score (nSPS) is 12.1. The number of rotatable bonds is 4. The summed E-state index contributed by atoms with van der Waals surface area (Å²) in [6.07, 6.45) is 0. The standard InChI is InChI=1S/C13H17ClN2O2/c1-8(2)12(17)15-10-4-6-11(7-5-10)16-13(18)9(3)14/h4-9H,1-3H3,(H,15,17)(H,16,18). The summed E-state index contributed by atoms with van der Waals surface area (Å²) in [5, 5.41) is 4.85. The number of hydrogen-bond acceptors (Lipinski definition) is 2. The first-order chi connectivity index (χ1) is 8.40. The number of hydrogen-bond donors (Lipinski definition) is 2. The fourth-order valence-corrected chi connectivity index (χ4v) is 1.22. The zero-order chi connectivity index (χ0) is 13.7. The van der Waals surface area contributed by atoms with Gasteiger partial charge in [-0.2, -0.15) is 0 Å². The van der Waals surface area contributed by atoms with E-state index in [4.69, 9.17) is 11.6 Å². The Morgan fingerprint density at radius 1 is 0.944 bits per heavy atom. The minimum Gasteiger partial charge on any atom is -0.326 e. The lowest BCUT2D eigenvalue weighted by molar-refractivity contribution is -0.119. The Balaban J connectivity index is 2.63. The molecule has 1 atom stereocenters. The largest absolute Gasteiger partial charge is 0.326 e. The molecule has 0 aromatic heterocycles. The molecule has 1 aromatic carbocycles. The number of carbonyl (C=O) groups is 2. The van der Waals surface area contributed by atoms with Crippen LogP contribution < -0.4 is 10.6 Å². The molecule has 0 aliphatic carbocycles. The average Bonchev–Trinajstić information content (AvgIpc) is 2.31. The van der Waals surface area contributed by atoms with E-state index in [0.29, 0.717) is 11.4 Å². The molecule has 1 aromatic rings. The molecular formula is C13H17ClN2O2. The predicted molar refractivity (Wildman–Crippen MR) is 73.9 cm³/mol. The molecule has 0 radical (unpaired) electrons. The SMILES string of the molecule is CC(C)C(=O)Nc1ccc(NC(=O)C(C)Cl)cc1. The van der Waals surface area contributed by atoms with Crippen LogP contribution in [0.3, 0.4) is 0 Å². The van der Waals surface area contributed by atoms with Crippen molar-refractivity contribution in [2.24, 2.45) is 5.92 Å². The highest BCUT2D eigenvalue weighted by molar-refractivity contribution is 6.32. The highest BCUT2D eigenvalue weighted by Crippen LogP contribution is 2.15. The summed E-state index contributed by atoms with van der Waals surface area (Å²) in [5.41, 5.74) is 1.35. The second-order valence-electron chi connectivity index (χ2n) is 4.33. The Morgan fingerprint density at radius 3 is 1.67 bits per heavy atom. The van der Waals surface area contributed by atoms with Gasteiger partial charge >= 0.3 is 0 Å². The lowest BCUT2D eigenvalue weighted by atomic mass is 10.2. The van der Waals surface area contributed by atoms with Gasteiger partial charge in [0.05, 0.1) is 0 Å². The van der Waals surface area contributed by atoms with Crippen LogP contribution in [0, 0.1) is 5.92 Å². The quantitative estimate of drug-likeness (QED) is 0.825. The number of amides is 2. The van der Waals surface area contributed by atoms with Gasteiger partial charge in [0.2, 0.25) is 11.8 Å².